The van der Waals surface area contributed by atoms with Crippen molar-refractivity contribution in [3.8, 4) is 21.7 Å². The number of nitrogens with zero attached hydrogens (tertiary/aromatic N) is 4. The van der Waals surface area contributed by atoms with Crippen molar-refractivity contribution in [1.29, 1.82) is 0 Å². The molecule has 1 saturated carbocycles. The third-order valence-electron chi connectivity index (χ3n) is 9.34. The fourth-order valence-corrected chi connectivity index (χ4v) is 8.23. The van der Waals surface area contributed by atoms with E-state index < -0.39 is 17.7 Å². The summed E-state index contributed by atoms with van der Waals surface area (Å²) in [7, 11) is 2.03. The van der Waals surface area contributed by atoms with Crippen LogP contribution in [0.1, 0.15) is 75.3 Å². The Labute approximate surface area is 272 Å². The van der Waals surface area contributed by atoms with Crippen LogP contribution in [-0.4, -0.2) is 55.5 Å². The fourth-order valence-electron chi connectivity index (χ4n) is 6.98. The number of rotatable bonds is 7. The molecule has 2 fully saturated rings. The first kappa shape index (κ1) is 30.4. The van der Waals surface area contributed by atoms with Crippen molar-refractivity contribution >= 4 is 50.0 Å². The third-order valence-corrected chi connectivity index (χ3v) is 10.7. The van der Waals surface area contributed by atoms with Crippen LogP contribution in [0.2, 0.25) is 5.02 Å². The van der Waals surface area contributed by atoms with Crippen molar-refractivity contribution in [2.75, 3.05) is 13.1 Å². The minimum atomic E-state index is -1.15. The number of aromatic nitrogens is 3. The molecule has 2 aliphatic rings. The van der Waals surface area contributed by atoms with Gasteiger partial charge in [0.05, 0.1) is 27.0 Å². The van der Waals surface area contributed by atoms with Crippen LogP contribution in [0, 0.1) is 6.92 Å². The summed E-state index contributed by atoms with van der Waals surface area (Å²) in [6, 6.07) is 16.8. The second-order valence-electron chi connectivity index (χ2n) is 13.6. The Kier molecular flexibility index (Phi) is 7.76. The van der Waals surface area contributed by atoms with Crippen LogP contribution in [0.15, 0.2) is 48.5 Å². The first-order chi connectivity index (χ1) is 21.5. The van der Waals surface area contributed by atoms with Gasteiger partial charge in [-0.25, -0.2) is 9.78 Å². The molecule has 3 aromatic carbocycles. The van der Waals surface area contributed by atoms with Gasteiger partial charge in [0.15, 0.2) is 6.10 Å². The molecule has 45 heavy (non-hydrogen) atoms. The van der Waals surface area contributed by atoms with Crippen LogP contribution in [0.25, 0.3) is 42.8 Å². The summed E-state index contributed by atoms with van der Waals surface area (Å²) in [5.41, 5.74) is 6.69. The average Bonchev–Trinajstić information content (AvgIpc) is 3.67. The van der Waals surface area contributed by atoms with E-state index in [1.165, 1.54) is 30.3 Å². The molecule has 1 saturated heterocycles. The highest BCUT2D eigenvalue weighted by Gasteiger charge is 2.35. The summed E-state index contributed by atoms with van der Waals surface area (Å²) in [5, 5.41) is 18.1. The number of aryl methyl sites for hydroxylation is 2. The lowest BCUT2D eigenvalue weighted by Crippen LogP contribution is -2.38. The Morgan fingerprint density at radius 1 is 1.09 bits per heavy atom. The molecule has 5 aromatic rings. The number of benzene rings is 3. The zero-order chi connectivity index (χ0) is 31.6. The zero-order valence-electron chi connectivity index (χ0n) is 26.4. The molecule has 234 valence electrons. The molecule has 7 nitrogen and oxygen atoms in total. The van der Waals surface area contributed by atoms with Crippen molar-refractivity contribution in [3.05, 3.63) is 70.4 Å². The lowest BCUT2D eigenvalue weighted by atomic mass is 9.91. The van der Waals surface area contributed by atoms with Crippen LogP contribution in [0.4, 0.5) is 0 Å². The molecule has 3 heterocycles. The minimum Gasteiger partial charge on any atom is -0.479 e. The van der Waals surface area contributed by atoms with Gasteiger partial charge in [0.25, 0.3) is 0 Å². The van der Waals surface area contributed by atoms with Crippen molar-refractivity contribution in [1.82, 2.24) is 19.7 Å². The van der Waals surface area contributed by atoms with E-state index in [0.717, 1.165) is 68.5 Å². The molecular formula is C36H39ClN4O3S. The molecule has 0 spiro atoms. The number of carbonyl (C=O) groups is 1. The maximum absolute atomic E-state index is 12.7. The normalized spacial score (nSPS) is 18.6. The van der Waals surface area contributed by atoms with Gasteiger partial charge in [-0.2, -0.15) is 5.10 Å². The van der Waals surface area contributed by atoms with Crippen molar-refractivity contribution in [3.63, 3.8) is 0 Å². The number of aliphatic carboxylic acids is 1. The van der Waals surface area contributed by atoms with E-state index >= 15 is 0 Å². The van der Waals surface area contributed by atoms with E-state index in [1.807, 2.05) is 69.8 Å². The van der Waals surface area contributed by atoms with Crippen LogP contribution in [-0.2, 0) is 16.6 Å². The van der Waals surface area contributed by atoms with Crippen molar-refractivity contribution in [2.45, 2.75) is 77.0 Å². The summed E-state index contributed by atoms with van der Waals surface area (Å²) in [6.07, 6.45) is 4.00. The highest BCUT2D eigenvalue weighted by atomic mass is 35.5. The summed E-state index contributed by atoms with van der Waals surface area (Å²) in [6.45, 7) is 9.80. The van der Waals surface area contributed by atoms with E-state index in [2.05, 4.69) is 23.1 Å². The Hall–Kier alpha value is -3.30. The maximum Gasteiger partial charge on any atom is 0.337 e. The zero-order valence-corrected chi connectivity index (χ0v) is 28.0. The number of carboxylic acids is 1. The second-order valence-corrected chi connectivity index (χ2v) is 15.0. The topological polar surface area (TPSA) is 80.5 Å². The highest BCUT2D eigenvalue weighted by molar-refractivity contribution is 7.22. The average molecular weight is 643 g/mol. The van der Waals surface area contributed by atoms with E-state index in [9.17, 15) is 9.90 Å². The van der Waals surface area contributed by atoms with Gasteiger partial charge in [-0.05, 0) is 101 Å². The van der Waals surface area contributed by atoms with Crippen LogP contribution < -0.4 is 0 Å². The number of halogens is 1. The predicted octanol–water partition coefficient (Wildman–Crippen LogP) is 8.76. The van der Waals surface area contributed by atoms with Gasteiger partial charge in [-0.1, -0.05) is 30.2 Å². The smallest absolute Gasteiger partial charge is 0.337 e. The molecule has 1 N–H and O–H groups in total. The molecule has 0 radical (unpaired) electrons. The van der Waals surface area contributed by atoms with E-state index in [4.69, 9.17) is 26.4 Å². The molecule has 0 amide bonds. The lowest BCUT2D eigenvalue weighted by molar-refractivity contribution is -0.160. The van der Waals surface area contributed by atoms with Crippen molar-refractivity contribution < 1.29 is 14.6 Å². The number of hydrogen-bond acceptors (Lipinski definition) is 6. The molecule has 2 unspecified atom stereocenters. The van der Waals surface area contributed by atoms with Gasteiger partial charge in [0, 0.05) is 52.7 Å². The monoisotopic (exact) mass is 642 g/mol. The summed E-state index contributed by atoms with van der Waals surface area (Å²) >= 11 is 7.86. The van der Waals surface area contributed by atoms with Crippen molar-refractivity contribution in [2.24, 2.45) is 7.05 Å². The highest BCUT2D eigenvalue weighted by Crippen LogP contribution is 2.45. The predicted molar refractivity (Wildman–Crippen MR) is 182 cm³/mol. The summed E-state index contributed by atoms with van der Waals surface area (Å²) < 4.78 is 9.12. The summed E-state index contributed by atoms with van der Waals surface area (Å²) in [4.78, 5) is 20.5. The Balaban J connectivity index is 1.36. The molecule has 1 aliphatic heterocycles. The largest absolute Gasteiger partial charge is 0.479 e. The van der Waals surface area contributed by atoms with Crippen LogP contribution in [0.5, 0.6) is 0 Å². The SMILES string of the molecule is Cc1cc2nc(-c3ccc4c(c3)c(C3CCN(C5CCC5)C3)nn4C)sc2c(-c2ccc(Cl)cc2)c1C(OC(C)(C)C)C(=O)O. The number of fused-ring (bicyclic) bond motifs is 2. The van der Waals surface area contributed by atoms with Crippen LogP contribution in [0.3, 0.4) is 0 Å². The van der Waals surface area contributed by atoms with Gasteiger partial charge in [-0.3, -0.25) is 9.58 Å². The van der Waals surface area contributed by atoms with Gasteiger partial charge >= 0.3 is 5.97 Å². The number of carboxylic acid groups (broad SMARTS) is 1. The Bertz CT molecular complexity index is 1920. The number of ether oxygens (including phenoxy) is 1. The summed E-state index contributed by atoms with van der Waals surface area (Å²) in [5.74, 6) is -0.595. The number of thiazole rings is 1. The molecule has 7 rings (SSSR count). The van der Waals surface area contributed by atoms with E-state index in [0.29, 0.717) is 16.5 Å². The molecule has 1 aliphatic carbocycles. The van der Waals surface area contributed by atoms with E-state index in [-0.39, 0.29) is 0 Å². The molecule has 2 atom stereocenters. The lowest BCUT2D eigenvalue weighted by Gasteiger charge is -2.34. The quantitative estimate of drug-likeness (QED) is 0.191. The molecule has 9 heteroatoms. The van der Waals surface area contributed by atoms with Crippen LogP contribution >= 0.6 is 22.9 Å². The third kappa shape index (κ3) is 5.67. The molecule has 2 aromatic heterocycles. The Morgan fingerprint density at radius 3 is 2.49 bits per heavy atom. The molecular weight excluding hydrogens is 604 g/mol. The van der Waals surface area contributed by atoms with Gasteiger partial charge in [-0.15, -0.1) is 11.3 Å². The minimum absolute atomic E-state index is 0.428. The fraction of sp³-hybridized carbons (Fsp3) is 0.417. The first-order valence-corrected chi connectivity index (χ1v) is 17.0. The maximum atomic E-state index is 12.7. The van der Waals surface area contributed by atoms with E-state index in [1.54, 1.807) is 11.3 Å². The standard InChI is InChI=1S/C36H39ClN4O3S/c1-20-17-27-33(30(21-9-12-24(37)13-10-21)29(20)32(35(42)43)44-36(2,3)4)45-34(38-27)22-11-14-28-26(18-22)31(39-40(28)5)23-15-16-41(19-23)25-7-6-8-25/h9-14,17-18,23,25,32H,6-8,15-16,19H2,1-5H3,(H,42,43). The molecule has 0 bridgehead atoms. The van der Waals surface area contributed by atoms with Gasteiger partial charge < -0.3 is 9.84 Å². The van der Waals surface area contributed by atoms with Gasteiger partial charge in [0.2, 0.25) is 0 Å². The number of likely N-dealkylation sites (tertiary alicyclic amines) is 1. The van der Waals surface area contributed by atoms with Gasteiger partial charge in [0.1, 0.15) is 5.01 Å². The Morgan fingerprint density at radius 2 is 1.82 bits per heavy atom. The number of hydrogen-bond donors (Lipinski definition) is 1. The first-order valence-electron chi connectivity index (χ1n) is 15.8. The second kappa shape index (κ2) is 11.5.